The molecule has 7 heteroatoms. The van der Waals surface area contributed by atoms with Gasteiger partial charge in [-0.25, -0.2) is 4.79 Å². The summed E-state index contributed by atoms with van der Waals surface area (Å²) in [5.74, 6) is -1.02. The number of hydrogen-bond donors (Lipinski definition) is 1. The van der Waals surface area contributed by atoms with Crippen molar-refractivity contribution in [1.29, 1.82) is 0 Å². The molecule has 0 aromatic heterocycles. The molecule has 0 aliphatic heterocycles. The number of benzene rings is 2. The zero-order valence-electron chi connectivity index (χ0n) is 13.2. The van der Waals surface area contributed by atoms with Gasteiger partial charge in [-0.2, -0.15) is 0 Å². The Kier molecular flexibility index (Phi) is 7.02. The topological polar surface area (TPSA) is 55.4 Å². The van der Waals surface area contributed by atoms with Crippen molar-refractivity contribution < 1.29 is 14.3 Å². The summed E-state index contributed by atoms with van der Waals surface area (Å²) in [6, 6.07) is 12.5. The fourth-order valence-electron chi connectivity index (χ4n) is 1.93. The molecule has 2 aromatic rings. The van der Waals surface area contributed by atoms with Gasteiger partial charge in [0.05, 0.1) is 16.3 Å². The van der Waals surface area contributed by atoms with E-state index in [1.54, 1.807) is 18.2 Å². The van der Waals surface area contributed by atoms with Crippen LogP contribution in [0.15, 0.2) is 52.3 Å². The second-order valence-electron chi connectivity index (χ2n) is 4.67. The molecule has 0 saturated heterocycles. The molecule has 0 saturated carbocycles. The second-order valence-corrected chi connectivity index (χ2v) is 6.81. The van der Waals surface area contributed by atoms with E-state index in [1.165, 1.54) is 23.5 Å². The SMILES string of the molecule is CSc1ccc(Cl)c(C(=O)OCC(=O)Nc2ccccc2SC)c1. The summed E-state index contributed by atoms with van der Waals surface area (Å²) in [6.07, 6.45) is 3.82. The maximum absolute atomic E-state index is 12.1. The lowest BCUT2D eigenvalue weighted by atomic mass is 10.2. The molecule has 0 bridgehead atoms. The number of nitrogens with one attached hydrogen (secondary N) is 1. The Morgan fingerprint density at radius 3 is 2.58 bits per heavy atom. The van der Waals surface area contributed by atoms with Gasteiger partial charge in [0.15, 0.2) is 6.61 Å². The minimum atomic E-state index is -0.621. The lowest BCUT2D eigenvalue weighted by Gasteiger charge is -2.10. The molecule has 0 aliphatic carbocycles. The van der Waals surface area contributed by atoms with Gasteiger partial charge >= 0.3 is 5.97 Å². The highest BCUT2D eigenvalue weighted by Crippen LogP contribution is 2.25. The number of para-hydroxylation sites is 1. The van der Waals surface area contributed by atoms with Crippen LogP contribution in [-0.4, -0.2) is 31.0 Å². The Labute approximate surface area is 154 Å². The largest absolute Gasteiger partial charge is 0.452 e. The summed E-state index contributed by atoms with van der Waals surface area (Å²) in [5.41, 5.74) is 0.939. The maximum Gasteiger partial charge on any atom is 0.340 e. The van der Waals surface area contributed by atoms with Gasteiger partial charge in [0, 0.05) is 9.79 Å². The van der Waals surface area contributed by atoms with Gasteiger partial charge in [-0.1, -0.05) is 23.7 Å². The van der Waals surface area contributed by atoms with Crippen LogP contribution in [0.2, 0.25) is 5.02 Å². The van der Waals surface area contributed by atoms with E-state index in [1.807, 2.05) is 36.8 Å². The molecule has 1 N–H and O–H groups in total. The number of carbonyl (C=O) groups is 2. The maximum atomic E-state index is 12.1. The average Bonchev–Trinajstić information content (AvgIpc) is 2.60. The molecule has 24 heavy (non-hydrogen) atoms. The van der Waals surface area contributed by atoms with E-state index in [-0.39, 0.29) is 12.2 Å². The number of hydrogen-bond acceptors (Lipinski definition) is 5. The zero-order chi connectivity index (χ0) is 17.5. The molecule has 0 atom stereocenters. The molecular weight excluding hydrogens is 366 g/mol. The number of amides is 1. The number of thioether (sulfide) groups is 2. The first-order chi connectivity index (χ1) is 11.5. The van der Waals surface area contributed by atoms with Gasteiger partial charge in [-0.15, -0.1) is 23.5 Å². The van der Waals surface area contributed by atoms with Crippen molar-refractivity contribution in [2.24, 2.45) is 0 Å². The van der Waals surface area contributed by atoms with Crippen LogP contribution >= 0.6 is 35.1 Å². The Morgan fingerprint density at radius 1 is 1.12 bits per heavy atom. The van der Waals surface area contributed by atoms with Crippen LogP contribution in [0.4, 0.5) is 5.69 Å². The number of carbonyl (C=O) groups excluding carboxylic acids is 2. The smallest absolute Gasteiger partial charge is 0.340 e. The van der Waals surface area contributed by atoms with E-state index in [9.17, 15) is 9.59 Å². The van der Waals surface area contributed by atoms with Crippen LogP contribution in [0.5, 0.6) is 0 Å². The van der Waals surface area contributed by atoms with E-state index < -0.39 is 11.9 Å². The van der Waals surface area contributed by atoms with Crippen molar-refractivity contribution >= 4 is 52.7 Å². The molecule has 1 amide bonds. The van der Waals surface area contributed by atoms with Gasteiger partial charge in [0.25, 0.3) is 5.91 Å². The molecule has 0 spiro atoms. The van der Waals surface area contributed by atoms with E-state index >= 15 is 0 Å². The minimum absolute atomic E-state index is 0.251. The normalized spacial score (nSPS) is 10.3. The number of halogens is 1. The quantitative estimate of drug-likeness (QED) is 0.586. The van der Waals surface area contributed by atoms with Crippen LogP contribution < -0.4 is 5.32 Å². The van der Waals surface area contributed by atoms with Gasteiger partial charge in [-0.05, 0) is 42.8 Å². The number of rotatable bonds is 6. The highest BCUT2D eigenvalue weighted by molar-refractivity contribution is 7.99. The molecular formula is C17H16ClNO3S2. The van der Waals surface area contributed by atoms with Gasteiger partial charge in [0.2, 0.25) is 0 Å². The predicted molar refractivity (Wildman–Crippen MR) is 100 cm³/mol. The fraction of sp³-hybridized carbons (Fsp3) is 0.176. The monoisotopic (exact) mass is 381 g/mol. The molecule has 4 nitrogen and oxygen atoms in total. The van der Waals surface area contributed by atoms with Crippen molar-refractivity contribution in [3.05, 3.63) is 53.1 Å². The van der Waals surface area contributed by atoms with Crippen LogP contribution in [0.25, 0.3) is 0 Å². The van der Waals surface area contributed by atoms with E-state index in [0.29, 0.717) is 10.7 Å². The van der Waals surface area contributed by atoms with E-state index in [2.05, 4.69) is 5.32 Å². The summed E-state index contributed by atoms with van der Waals surface area (Å²) in [4.78, 5) is 25.9. The summed E-state index contributed by atoms with van der Waals surface area (Å²) in [7, 11) is 0. The Morgan fingerprint density at radius 2 is 1.88 bits per heavy atom. The molecule has 2 aromatic carbocycles. The summed E-state index contributed by atoms with van der Waals surface area (Å²) in [5, 5.41) is 3.03. The molecule has 0 fully saturated rings. The first-order valence-corrected chi connectivity index (χ1v) is 9.81. The third kappa shape index (κ3) is 4.93. The summed E-state index contributed by atoms with van der Waals surface area (Å²) in [6.45, 7) is -0.374. The lowest BCUT2D eigenvalue weighted by Crippen LogP contribution is -2.21. The van der Waals surface area contributed by atoms with Gasteiger partial charge in [-0.3, -0.25) is 4.79 Å². The van der Waals surface area contributed by atoms with Crippen LogP contribution in [0.3, 0.4) is 0 Å². The lowest BCUT2D eigenvalue weighted by molar-refractivity contribution is -0.119. The highest BCUT2D eigenvalue weighted by atomic mass is 35.5. The zero-order valence-corrected chi connectivity index (χ0v) is 15.6. The molecule has 126 valence electrons. The number of esters is 1. The Balaban J connectivity index is 1.97. The minimum Gasteiger partial charge on any atom is -0.452 e. The first kappa shape index (κ1) is 18.7. The molecule has 0 unspecified atom stereocenters. The van der Waals surface area contributed by atoms with Crippen LogP contribution in [-0.2, 0) is 9.53 Å². The molecule has 0 heterocycles. The van der Waals surface area contributed by atoms with Crippen molar-refractivity contribution in [1.82, 2.24) is 0 Å². The number of anilines is 1. The highest BCUT2D eigenvalue weighted by Gasteiger charge is 2.15. The summed E-state index contributed by atoms with van der Waals surface area (Å²) < 4.78 is 5.06. The van der Waals surface area contributed by atoms with Crippen molar-refractivity contribution in [2.75, 3.05) is 24.4 Å². The predicted octanol–water partition coefficient (Wildman–Crippen LogP) is 4.58. The third-order valence-corrected chi connectivity index (χ3v) is 4.96. The summed E-state index contributed by atoms with van der Waals surface area (Å²) >= 11 is 9.03. The van der Waals surface area contributed by atoms with Gasteiger partial charge in [0.1, 0.15) is 0 Å². The van der Waals surface area contributed by atoms with Crippen LogP contribution in [0.1, 0.15) is 10.4 Å². The van der Waals surface area contributed by atoms with Gasteiger partial charge < -0.3 is 10.1 Å². The fourth-order valence-corrected chi connectivity index (χ4v) is 3.12. The number of ether oxygens (including phenoxy) is 1. The molecule has 2 rings (SSSR count). The molecule has 0 aliphatic rings. The Bertz CT molecular complexity index is 752. The van der Waals surface area contributed by atoms with Crippen molar-refractivity contribution in [3.8, 4) is 0 Å². The molecule has 0 radical (unpaired) electrons. The van der Waals surface area contributed by atoms with E-state index in [4.69, 9.17) is 16.3 Å². The van der Waals surface area contributed by atoms with E-state index in [0.717, 1.165) is 9.79 Å². The Hall–Kier alpha value is -1.63. The second kappa shape index (κ2) is 9.01. The average molecular weight is 382 g/mol. The van der Waals surface area contributed by atoms with Crippen molar-refractivity contribution in [2.45, 2.75) is 9.79 Å². The van der Waals surface area contributed by atoms with Crippen molar-refractivity contribution in [3.63, 3.8) is 0 Å². The third-order valence-electron chi connectivity index (χ3n) is 3.11. The first-order valence-electron chi connectivity index (χ1n) is 6.98. The van der Waals surface area contributed by atoms with Crippen LogP contribution in [0, 0.1) is 0 Å². The standard InChI is InChI=1S/C17H16ClNO3S2/c1-23-11-7-8-13(18)12(9-11)17(21)22-10-16(20)19-14-5-3-4-6-15(14)24-2/h3-9H,10H2,1-2H3,(H,19,20).